The van der Waals surface area contributed by atoms with Crippen LogP contribution in [0.5, 0.6) is 23.0 Å². The Hall–Kier alpha value is -2.37. The number of methoxy groups -OCH3 is 2. The third-order valence-corrected chi connectivity index (χ3v) is 4.09. The van der Waals surface area contributed by atoms with Crippen LogP contribution < -0.4 is 18.9 Å². The topological polar surface area (TPSA) is 57.2 Å². The monoisotopic (exact) mass is 319 g/mol. The van der Waals surface area contributed by atoms with Gasteiger partial charge in [-0.25, -0.2) is 0 Å². The minimum absolute atomic E-state index is 0.0170. The predicted molar refractivity (Wildman–Crippen MR) is 85.1 cm³/mol. The normalized spacial score (nSPS) is 16.7. The number of amides is 1. The van der Waals surface area contributed by atoms with E-state index in [0.717, 1.165) is 31.5 Å². The van der Waals surface area contributed by atoms with Crippen LogP contribution >= 0.6 is 0 Å². The van der Waals surface area contributed by atoms with E-state index in [2.05, 4.69) is 0 Å². The molecule has 0 bridgehead atoms. The van der Waals surface area contributed by atoms with Gasteiger partial charge in [0.25, 0.3) is 0 Å². The summed E-state index contributed by atoms with van der Waals surface area (Å²) in [4.78, 5) is 14.1. The molecule has 0 unspecified atom stereocenters. The molecule has 124 valence electrons. The predicted octanol–water partition coefficient (Wildman–Crippen LogP) is 2.46. The molecule has 6 nitrogen and oxygen atoms in total. The van der Waals surface area contributed by atoms with Crippen LogP contribution in [0.25, 0.3) is 6.08 Å². The minimum atomic E-state index is 0.0170. The Morgan fingerprint density at radius 3 is 2.57 bits per heavy atom. The van der Waals surface area contributed by atoms with E-state index >= 15 is 0 Å². The lowest BCUT2D eigenvalue weighted by atomic mass is 10.1. The Labute approximate surface area is 135 Å². The van der Waals surface area contributed by atoms with Gasteiger partial charge in [0, 0.05) is 24.7 Å². The summed E-state index contributed by atoms with van der Waals surface area (Å²) in [5.41, 5.74) is 0.721. The number of piperidine rings is 1. The highest BCUT2D eigenvalue weighted by molar-refractivity contribution is 5.92. The van der Waals surface area contributed by atoms with E-state index in [9.17, 15) is 4.79 Å². The maximum atomic E-state index is 12.3. The smallest absolute Gasteiger partial charge is 0.246 e. The molecule has 2 aliphatic heterocycles. The summed E-state index contributed by atoms with van der Waals surface area (Å²) in [5.74, 6) is 2.16. The summed E-state index contributed by atoms with van der Waals surface area (Å²) in [5, 5.41) is 0. The van der Waals surface area contributed by atoms with E-state index in [0.29, 0.717) is 23.0 Å². The number of ether oxygens (including phenoxy) is 4. The number of benzene rings is 1. The fraction of sp³-hybridized carbons (Fsp3) is 0.471. The zero-order chi connectivity index (χ0) is 16.2. The van der Waals surface area contributed by atoms with Crippen LogP contribution in [0, 0.1) is 0 Å². The highest BCUT2D eigenvalue weighted by Gasteiger charge is 2.26. The minimum Gasteiger partial charge on any atom is -0.493 e. The average molecular weight is 319 g/mol. The van der Waals surface area contributed by atoms with Crippen molar-refractivity contribution in [2.45, 2.75) is 19.3 Å². The van der Waals surface area contributed by atoms with E-state index < -0.39 is 0 Å². The average Bonchev–Trinajstić information content (AvgIpc) is 3.08. The van der Waals surface area contributed by atoms with Crippen molar-refractivity contribution in [3.8, 4) is 23.0 Å². The molecule has 3 rings (SSSR count). The number of hydrogen-bond donors (Lipinski definition) is 0. The second kappa shape index (κ2) is 6.81. The van der Waals surface area contributed by atoms with Crippen molar-refractivity contribution in [3.05, 3.63) is 17.7 Å². The van der Waals surface area contributed by atoms with Crippen molar-refractivity contribution in [2.75, 3.05) is 34.1 Å². The van der Waals surface area contributed by atoms with Crippen LogP contribution in [0.2, 0.25) is 0 Å². The van der Waals surface area contributed by atoms with Crippen LogP contribution in [0.15, 0.2) is 12.1 Å². The molecule has 0 atom stereocenters. The SMILES string of the molecule is COc1cc(/C=C/C(=O)N2CCCCC2)c(OC)c2c1OCO2. The fourth-order valence-electron chi connectivity index (χ4n) is 2.90. The Morgan fingerprint density at radius 1 is 1.13 bits per heavy atom. The highest BCUT2D eigenvalue weighted by atomic mass is 16.7. The molecule has 2 heterocycles. The van der Waals surface area contributed by atoms with Gasteiger partial charge in [-0.3, -0.25) is 4.79 Å². The fourth-order valence-corrected chi connectivity index (χ4v) is 2.90. The number of nitrogens with zero attached hydrogens (tertiary/aromatic N) is 1. The van der Waals surface area contributed by atoms with Crippen molar-refractivity contribution >= 4 is 12.0 Å². The number of hydrogen-bond acceptors (Lipinski definition) is 5. The van der Waals surface area contributed by atoms with Crippen molar-refractivity contribution in [1.29, 1.82) is 0 Å². The first-order valence-electron chi connectivity index (χ1n) is 7.76. The summed E-state index contributed by atoms with van der Waals surface area (Å²) in [6, 6.07) is 1.78. The van der Waals surface area contributed by atoms with Crippen molar-refractivity contribution in [1.82, 2.24) is 4.90 Å². The van der Waals surface area contributed by atoms with E-state index in [-0.39, 0.29) is 12.7 Å². The molecule has 2 aliphatic rings. The molecule has 23 heavy (non-hydrogen) atoms. The highest BCUT2D eigenvalue weighted by Crippen LogP contribution is 2.49. The van der Waals surface area contributed by atoms with E-state index in [1.165, 1.54) is 6.42 Å². The summed E-state index contributed by atoms with van der Waals surface area (Å²) in [6.07, 6.45) is 6.65. The van der Waals surface area contributed by atoms with Gasteiger partial charge >= 0.3 is 0 Å². The molecule has 1 aromatic carbocycles. The molecule has 0 radical (unpaired) electrons. The van der Waals surface area contributed by atoms with Crippen molar-refractivity contribution in [3.63, 3.8) is 0 Å². The first kappa shape index (κ1) is 15.5. The van der Waals surface area contributed by atoms with E-state index in [1.807, 2.05) is 4.90 Å². The van der Waals surface area contributed by atoms with Crippen LogP contribution in [-0.2, 0) is 4.79 Å². The maximum Gasteiger partial charge on any atom is 0.246 e. The molecule has 1 saturated heterocycles. The van der Waals surface area contributed by atoms with Crippen LogP contribution in [0.4, 0.5) is 0 Å². The molecular weight excluding hydrogens is 298 g/mol. The van der Waals surface area contributed by atoms with Gasteiger partial charge in [0.05, 0.1) is 14.2 Å². The quantitative estimate of drug-likeness (QED) is 0.798. The molecule has 0 saturated carbocycles. The number of fused-ring (bicyclic) bond motifs is 1. The van der Waals surface area contributed by atoms with Crippen LogP contribution in [0.1, 0.15) is 24.8 Å². The summed E-state index contributed by atoms with van der Waals surface area (Å²) >= 11 is 0. The van der Waals surface area contributed by atoms with Gasteiger partial charge in [-0.15, -0.1) is 0 Å². The van der Waals surface area contributed by atoms with E-state index in [1.54, 1.807) is 32.4 Å². The molecule has 0 N–H and O–H groups in total. The Kier molecular flexibility index (Phi) is 4.60. The summed E-state index contributed by atoms with van der Waals surface area (Å²) < 4.78 is 21.6. The van der Waals surface area contributed by atoms with Crippen molar-refractivity contribution in [2.24, 2.45) is 0 Å². The van der Waals surface area contributed by atoms with Gasteiger partial charge < -0.3 is 23.8 Å². The van der Waals surface area contributed by atoms with Crippen LogP contribution in [-0.4, -0.2) is 44.9 Å². The number of rotatable bonds is 4. The molecule has 1 amide bonds. The Balaban J connectivity index is 1.87. The summed E-state index contributed by atoms with van der Waals surface area (Å²) in [7, 11) is 3.13. The molecule has 0 spiro atoms. The molecule has 0 aliphatic carbocycles. The van der Waals surface area contributed by atoms with Gasteiger partial charge in [-0.1, -0.05) is 0 Å². The second-order valence-electron chi connectivity index (χ2n) is 5.49. The molecule has 6 heteroatoms. The lowest BCUT2D eigenvalue weighted by Gasteiger charge is -2.25. The standard InChI is InChI=1S/C17H21NO5/c1-20-13-10-12(15(21-2)17-16(13)22-11-23-17)6-7-14(19)18-8-4-3-5-9-18/h6-7,10H,3-5,8-9,11H2,1-2H3/b7-6+. The maximum absolute atomic E-state index is 12.3. The van der Waals surface area contributed by atoms with Crippen LogP contribution in [0.3, 0.4) is 0 Å². The molecular formula is C17H21NO5. The third kappa shape index (κ3) is 3.06. The first-order valence-corrected chi connectivity index (χ1v) is 7.76. The van der Waals surface area contributed by atoms with Gasteiger partial charge in [-0.05, 0) is 31.4 Å². The Morgan fingerprint density at radius 2 is 1.87 bits per heavy atom. The first-order chi connectivity index (χ1) is 11.2. The molecule has 1 fully saturated rings. The molecule has 1 aromatic rings. The van der Waals surface area contributed by atoms with Gasteiger partial charge in [0.1, 0.15) is 0 Å². The third-order valence-electron chi connectivity index (χ3n) is 4.09. The number of carbonyl (C=O) groups excluding carboxylic acids is 1. The van der Waals surface area contributed by atoms with Gasteiger partial charge in [0.2, 0.25) is 24.2 Å². The zero-order valence-electron chi connectivity index (χ0n) is 13.5. The largest absolute Gasteiger partial charge is 0.493 e. The lowest BCUT2D eigenvalue weighted by Crippen LogP contribution is -2.34. The van der Waals surface area contributed by atoms with Gasteiger partial charge in [-0.2, -0.15) is 0 Å². The number of carbonyl (C=O) groups is 1. The molecule has 0 aromatic heterocycles. The lowest BCUT2D eigenvalue weighted by molar-refractivity contribution is -0.126. The Bertz CT molecular complexity index is 620. The van der Waals surface area contributed by atoms with E-state index in [4.69, 9.17) is 18.9 Å². The summed E-state index contributed by atoms with van der Waals surface area (Å²) in [6.45, 7) is 1.78. The van der Waals surface area contributed by atoms with Gasteiger partial charge in [0.15, 0.2) is 11.5 Å². The number of likely N-dealkylation sites (tertiary alicyclic amines) is 1. The second-order valence-corrected chi connectivity index (χ2v) is 5.49. The van der Waals surface area contributed by atoms with Crippen molar-refractivity contribution < 1.29 is 23.7 Å². The zero-order valence-corrected chi connectivity index (χ0v) is 13.5.